The van der Waals surface area contributed by atoms with Crippen LogP contribution in [0, 0.1) is 0 Å². The lowest BCUT2D eigenvalue weighted by molar-refractivity contribution is 1.04. The predicted molar refractivity (Wildman–Crippen MR) is 98.7 cm³/mol. The van der Waals surface area contributed by atoms with Gasteiger partial charge in [-0.1, -0.05) is 6.08 Å². The van der Waals surface area contributed by atoms with Crippen molar-refractivity contribution in [3.05, 3.63) is 82.8 Å². The van der Waals surface area contributed by atoms with Crippen LogP contribution in [0.25, 0.3) is 12.2 Å². The minimum absolute atomic E-state index is 0.0324. The lowest BCUT2D eigenvalue weighted by atomic mass is 10.2. The van der Waals surface area contributed by atoms with Gasteiger partial charge in [0.15, 0.2) is 0 Å². The Morgan fingerprint density at radius 2 is 1.42 bits per heavy atom. The van der Waals surface area contributed by atoms with Crippen molar-refractivity contribution in [3.63, 3.8) is 0 Å². The van der Waals surface area contributed by atoms with E-state index in [9.17, 15) is 0 Å². The molecule has 24 heavy (non-hydrogen) atoms. The van der Waals surface area contributed by atoms with Crippen LogP contribution in [-0.4, -0.2) is 28.2 Å². The van der Waals surface area contributed by atoms with Gasteiger partial charge in [-0.2, -0.15) is 0 Å². The van der Waals surface area contributed by atoms with E-state index in [2.05, 4.69) is 32.1 Å². The molecule has 5 rings (SSSR count). The molecule has 1 aromatic heterocycles. The summed E-state index contributed by atoms with van der Waals surface area (Å²) in [7, 11) is 0. The van der Waals surface area contributed by atoms with Gasteiger partial charge in [-0.25, -0.2) is 9.98 Å². The molecule has 5 heterocycles. The van der Waals surface area contributed by atoms with Gasteiger partial charge in [0.05, 0.1) is 34.6 Å². The maximum atomic E-state index is 4.68. The Morgan fingerprint density at radius 1 is 0.708 bits per heavy atom. The molecule has 0 aliphatic carbocycles. The number of H-pyrrole nitrogens is 1. The quantitative estimate of drug-likeness (QED) is 0.759. The Morgan fingerprint density at radius 3 is 2.21 bits per heavy atom. The van der Waals surface area contributed by atoms with Crippen LogP contribution in [0.3, 0.4) is 0 Å². The van der Waals surface area contributed by atoms with E-state index in [0.29, 0.717) is 0 Å². The van der Waals surface area contributed by atoms with Gasteiger partial charge in [-0.3, -0.25) is 4.99 Å². The van der Waals surface area contributed by atoms with E-state index in [1.165, 1.54) is 0 Å². The van der Waals surface area contributed by atoms with Crippen LogP contribution in [0.5, 0.6) is 0 Å². The molecule has 0 aromatic carbocycles. The van der Waals surface area contributed by atoms with Gasteiger partial charge in [-0.15, -0.1) is 0 Å². The van der Waals surface area contributed by atoms with Crippen LogP contribution in [0.15, 0.2) is 87.1 Å². The number of aliphatic imine (C=N–C) groups is 3. The van der Waals surface area contributed by atoms with Crippen LogP contribution in [-0.2, 0) is 0 Å². The molecule has 4 aliphatic heterocycles. The zero-order valence-electron chi connectivity index (χ0n) is 12.8. The molecule has 1 atom stereocenters. The van der Waals surface area contributed by atoms with Crippen molar-refractivity contribution in [1.82, 2.24) is 4.98 Å². The van der Waals surface area contributed by atoms with Gasteiger partial charge >= 0.3 is 0 Å². The highest BCUT2D eigenvalue weighted by Crippen LogP contribution is 2.17. The van der Waals surface area contributed by atoms with Crippen LogP contribution < -0.4 is 10.7 Å². The summed E-state index contributed by atoms with van der Waals surface area (Å²) in [5, 5.41) is 2.05. The summed E-state index contributed by atoms with van der Waals surface area (Å²) in [6, 6.07) is 4.13. The highest BCUT2D eigenvalue weighted by molar-refractivity contribution is 6.20. The lowest BCUT2D eigenvalue weighted by Crippen LogP contribution is -2.12. The van der Waals surface area contributed by atoms with Gasteiger partial charge in [0, 0.05) is 10.7 Å². The smallest absolute Gasteiger partial charge is 0.0895 e. The molecule has 0 radical (unpaired) electrons. The fraction of sp³-hybridized carbons (Fsp3) is 0.0500. The summed E-state index contributed by atoms with van der Waals surface area (Å²) in [5.74, 6) is 0. The van der Waals surface area contributed by atoms with Crippen molar-refractivity contribution < 1.29 is 0 Å². The van der Waals surface area contributed by atoms with Crippen molar-refractivity contribution in [2.75, 3.05) is 0 Å². The summed E-state index contributed by atoms with van der Waals surface area (Å²) in [6.45, 7) is 0. The van der Waals surface area contributed by atoms with Gasteiger partial charge in [0.25, 0.3) is 0 Å². The second kappa shape index (κ2) is 5.13. The van der Waals surface area contributed by atoms with Crippen LogP contribution in [0.1, 0.15) is 0 Å². The number of aromatic amines is 1. The van der Waals surface area contributed by atoms with Crippen molar-refractivity contribution >= 4 is 29.3 Å². The van der Waals surface area contributed by atoms with Crippen molar-refractivity contribution in [2.24, 2.45) is 15.0 Å². The molecular formula is C20H14N4. The molecule has 4 heteroatoms. The zero-order valence-corrected chi connectivity index (χ0v) is 12.8. The molecule has 0 saturated heterocycles. The van der Waals surface area contributed by atoms with Crippen molar-refractivity contribution in [1.29, 1.82) is 0 Å². The van der Waals surface area contributed by atoms with E-state index in [1.54, 1.807) is 0 Å². The number of rotatable bonds is 0. The van der Waals surface area contributed by atoms with Gasteiger partial charge in [0.1, 0.15) is 0 Å². The number of nitrogens with one attached hydrogen (secondary N) is 1. The predicted octanol–water partition coefficient (Wildman–Crippen LogP) is 1.76. The van der Waals surface area contributed by atoms with E-state index in [4.69, 9.17) is 0 Å². The molecule has 0 fully saturated rings. The molecule has 1 aromatic rings. The molecule has 114 valence electrons. The van der Waals surface area contributed by atoms with Crippen LogP contribution >= 0.6 is 0 Å². The number of hydrogen-bond acceptors (Lipinski definition) is 3. The van der Waals surface area contributed by atoms with Gasteiger partial charge in [0.2, 0.25) is 0 Å². The summed E-state index contributed by atoms with van der Waals surface area (Å²) in [6.07, 6.45) is 20.3. The second-order valence-corrected chi connectivity index (χ2v) is 5.96. The molecule has 4 aliphatic rings. The summed E-state index contributed by atoms with van der Waals surface area (Å²) in [4.78, 5) is 17.3. The largest absolute Gasteiger partial charge is 0.355 e. The molecule has 1 unspecified atom stereocenters. The fourth-order valence-electron chi connectivity index (χ4n) is 3.00. The fourth-order valence-corrected chi connectivity index (χ4v) is 3.00. The zero-order chi connectivity index (χ0) is 15.9. The minimum Gasteiger partial charge on any atom is -0.355 e. The summed E-state index contributed by atoms with van der Waals surface area (Å²) in [5.41, 5.74) is 4.67. The number of allylic oxidation sites excluding steroid dienone is 6. The Hall–Kier alpha value is -3.27. The summed E-state index contributed by atoms with van der Waals surface area (Å²) < 4.78 is 0. The Kier molecular flexibility index (Phi) is 2.82. The highest BCUT2D eigenvalue weighted by Gasteiger charge is 2.11. The van der Waals surface area contributed by atoms with Gasteiger partial charge < -0.3 is 4.98 Å². The minimum atomic E-state index is 0.0324. The monoisotopic (exact) mass is 310 g/mol. The van der Waals surface area contributed by atoms with Crippen LogP contribution in [0.2, 0.25) is 0 Å². The standard InChI is InChI=1S/C20H14N4/c1-2-14-10-16-5-6-18(23-16)12-20-8-7-19(24-20)11-17-4-3-15(22-17)9-13(1)21-14/h1-13,24H/b15-9-,16-10-,19-11-,20-12-. The molecule has 0 spiro atoms. The number of nitrogens with zero attached hydrogens (tertiary/aromatic N) is 3. The average molecular weight is 310 g/mol. The maximum Gasteiger partial charge on any atom is 0.0895 e. The average Bonchev–Trinajstić information content (AvgIpc) is 3.32. The second-order valence-electron chi connectivity index (χ2n) is 5.96. The third-order valence-electron chi connectivity index (χ3n) is 4.10. The molecule has 4 nitrogen and oxygen atoms in total. The normalized spacial score (nSPS) is 30.3. The van der Waals surface area contributed by atoms with E-state index in [0.717, 1.165) is 39.2 Å². The first kappa shape index (κ1) is 13.2. The molecule has 0 saturated carbocycles. The molecule has 1 N–H and O–H groups in total. The topological polar surface area (TPSA) is 52.9 Å². The molecular weight excluding hydrogens is 296 g/mol. The van der Waals surface area contributed by atoms with E-state index >= 15 is 0 Å². The van der Waals surface area contributed by atoms with Crippen LogP contribution in [0.4, 0.5) is 0 Å². The first-order valence-electron chi connectivity index (χ1n) is 7.92. The number of hydrogen-bond donors (Lipinski definition) is 1. The first-order chi connectivity index (χ1) is 11.8. The van der Waals surface area contributed by atoms with E-state index < -0.39 is 0 Å². The Balaban J connectivity index is 1.69. The van der Waals surface area contributed by atoms with Crippen molar-refractivity contribution in [2.45, 2.75) is 6.04 Å². The highest BCUT2D eigenvalue weighted by atomic mass is 14.8. The number of fused-ring (bicyclic) bond motifs is 5. The van der Waals surface area contributed by atoms with E-state index in [1.807, 2.05) is 60.7 Å². The number of aromatic nitrogens is 1. The molecule has 8 bridgehead atoms. The van der Waals surface area contributed by atoms with E-state index in [-0.39, 0.29) is 6.04 Å². The first-order valence-corrected chi connectivity index (χ1v) is 7.92. The lowest BCUT2D eigenvalue weighted by Gasteiger charge is -1.97. The Labute approximate surface area is 138 Å². The third kappa shape index (κ3) is 2.48. The van der Waals surface area contributed by atoms with Gasteiger partial charge in [-0.05, 0) is 66.8 Å². The maximum absolute atomic E-state index is 4.68. The summed E-state index contributed by atoms with van der Waals surface area (Å²) >= 11 is 0. The SMILES string of the molecule is C1=C/C2=C/C3=NC(C=C3)/C=C3/C=CC(=N3)/C=c3/cc/c([nH]3)=C/C1=N2. The molecule has 0 amide bonds. The Bertz CT molecular complexity index is 1090. The third-order valence-corrected chi connectivity index (χ3v) is 4.10. The van der Waals surface area contributed by atoms with Crippen molar-refractivity contribution in [3.8, 4) is 0 Å².